The fraction of sp³-hybridized carbons (Fsp3) is 0.400. The zero-order valence-electron chi connectivity index (χ0n) is 10.5. The van der Waals surface area contributed by atoms with Crippen LogP contribution < -0.4 is 9.46 Å². The molecule has 0 aliphatic rings. The molecule has 0 radical (unpaired) electrons. The molecule has 0 aromatic heterocycles. The van der Waals surface area contributed by atoms with Gasteiger partial charge in [0.05, 0.1) is 10.7 Å². The molecule has 0 aliphatic carbocycles. The van der Waals surface area contributed by atoms with Crippen LogP contribution in [-0.4, -0.2) is 39.6 Å². The number of rotatable bonds is 5. The van der Waals surface area contributed by atoms with Gasteiger partial charge in [-0.25, -0.2) is 0 Å². The molecule has 10 heteroatoms. The third kappa shape index (κ3) is 5.06. The van der Waals surface area contributed by atoms with Gasteiger partial charge in [-0.1, -0.05) is 11.6 Å². The third-order valence-corrected chi connectivity index (χ3v) is 3.80. The first-order valence-electron chi connectivity index (χ1n) is 5.20. The largest absolute Gasteiger partial charge is 0.483 e. The van der Waals surface area contributed by atoms with Crippen LogP contribution in [-0.2, 0) is 10.2 Å². The molecule has 1 aromatic rings. The summed E-state index contributed by atoms with van der Waals surface area (Å²) in [5, 5.41) is -0.131. The van der Waals surface area contributed by atoms with Gasteiger partial charge in [0.25, 0.3) is 0 Å². The topological polar surface area (TPSA) is 58.6 Å². The minimum atomic E-state index is -4.48. The van der Waals surface area contributed by atoms with Gasteiger partial charge in [0.1, 0.15) is 5.75 Å². The Balaban J connectivity index is 2.84. The second kappa shape index (κ2) is 6.06. The van der Waals surface area contributed by atoms with E-state index in [1.165, 1.54) is 20.2 Å². The van der Waals surface area contributed by atoms with E-state index in [0.29, 0.717) is 0 Å². The number of nitrogens with one attached hydrogen (secondary N) is 1. The summed E-state index contributed by atoms with van der Waals surface area (Å²) in [7, 11) is -1.06. The van der Waals surface area contributed by atoms with Gasteiger partial charge in [-0.15, -0.1) is 0 Å². The molecule has 0 atom stereocenters. The van der Waals surface area contributed by atoms with Crippen LogP contribution in [0.5, 0.6) is 5.75 Å². The van der Waals surface area contributed by atoms with Crippen LogP contribution in [0.4, 0.5) is 18.9 Å². The van der Waals surface area contributed by atoms with Crippen molar-refractivity contribution in [2.24, 2.45) is 0 Å². The predicted molar refractivity (Wildman–Crippen MR) is 69.2 cm³/mol. The van der Waals surface area contributed by atoms with Crippen LogP contribution in [0.15, 0.2) is 18.2 Å². The van der Waals surface area contributed by atoms with Crippen molar-refractivity contribution in [1.29, 1.82) is 0 Å². The lowest BCUT2D eigenvalue weighted by molar-refractivity contribution is -0.153. The molecule has 5 nitrogen and oxygen atoms in total. The van der Waals surface area contributed by atoms with Crippen molar-refractivity contribution in [2.75, 3.05) is 25.4 Å². The van der Waals surface area contributed by atoms with E-state index < -0.39 is 23.0 Å². The Labute approximate surface area is 119 Å². The minimum Gasteiger partial charge on any atom is -0.483 e. The lowest BCUT2D eigenvalue weighted by atomic mass is 10.3. The van der Waals surface area contributed by atoms with Crippen molar-refractivity contribution in [1.82, 2.24) is 4.31 Å². The average molecular weight is 333 g/mol. The van der Waals surface area contributed by atoms with Crippen molar-refractivity contribution in [3.63, 3.8) is 0 Å². The number of anilines is 1. The maximum atomic E-state index is 12.0. The first-order valence-corrected chi connectivity index (χ1v) is 7.02. The van der Waals surface area contributed by atoms with Gasteiger partial charge in [-0.3, -0.25) is 4.72 Å². The Kier molecular flexibility index (Phi) is 5.11. The number of benzene rings is 1. The van der Waals surface area contributed by atoms with Gasteiger partial charge < -0.3 is 4.74 Å². The van der Waals surface area contributed by atoms with Crippen LogP contribution in [0, 0.1) is 0 Å². The van der Waals surface area contributed by atoms with Crippen LogP contribution in [0.3, 0.4) is 0 Å². The fourth-order valence-electron chi connectivity index (χ4n) is 1.08. The quantitative estimate of drug-likeness (QED) is 0.901. The minimum absolute atomic E-state index is 0.114. The number of ether oxygens (including phenoxy) is 1. The Morgan fingerprint density at radius 1 is 1.35 bits per heavy atom. The smallest absolute Gasteiger partial charge is 0.422 e. The predicted octanol–water partition coefficient (Wildman–Crippen LogP) is 2.50. The van der Waals surface area contributed by atoms with E-state index in [1.54, 1.807) is 0 Å². The molecule has 1 aromatic carbocycles. The zero-order chi connectivity index (χ0) is 15.6. The number of alkyl halides is 3. The van der Waals surface area contributed by atoms with Gasteiger partial charge >= 0.3 is 16.4 Å². The van der Waals surface area contributed by atoms with E-state index in [9.17, 15) is 21.6 Å². The Morgan fingerprint density at radius 3 is 2.40 bits per heavy atom. The molecule has 0 bridgehead atoms. The molecular formula is C10H12ClF3N2O3S. The van der Waals surface area contributed by atoms with Gasteiger partial charge in [-0.2, -0.15) is 25.9 Å². The normalized spacial score (nSPS) is 12.6. The average Bonchev–Trinajstić information content (AvgIpc) is 2.25. The molecule has 1 N–H and O–H groups in total. The van der Waals surface area contributed by atoms with Crippen molar-refractivity contribution >= 4 is 27.5 Å². The highest BCUT2D eigenvalue weighted by Crippen LogP contribution is 2.29. The highest BCUT2D eigenvalue weighted by Gasteiger charge is 2.28. The van der Waals surface area contributed by atoms with E-state index in [0.717, 1.165) is 16.4 Å². The monoisotopic (exact) mass is 332 g/mol. The summed E-state index contributed by atoms with van der Waals surface area (Å²) in [4.78, 5) is 0. The summed E-state index contributed by atoms with van der Waals surface area (Å²) in [6, 6.07) is 3.56. The van der Waals surface area contributed by atoms with Gasteiger partial charge in [0, 0.05) is 14.1 Å². The molecule has 114 valence electrons. The Morgan fingerprint density at radius 2 is 1.95 bits per heavy atom. The number of nitrogens with zero attached hydrogens (tertiary/aromatic N) is 1. The summed E-state index contributed by atoms with van der Waals surface area (Å²) in [6.07, 6.45) is -4.48. The molecule has 0 fully saturated rings. The van der Waals surface area contributed by atoms with Crippen LogP contribution in [0.25, 0.3) is 0 Å². The van der Waals surface area contributed by atoms with Crippen molar-refractivity contribution in [3.05, 3.63) is 23.2 Å². The molecule has 0 spiro atoms. The zero-order valence-corrected chi connectivity index (χ0v) is 12.1. The lowest BCUT2D eigenvalue weighted by Gasteiger charge is -2.15. The molecule has 0 saturated carbocycles. The second-order valence-corrected chi connectivity index (χ2v) is 6.23. The number of halogens is 4. The molecule has 0 amide bonds. The number of hydrogen-bond acceptors (Lipinski definition) is 3. The first kappa shape index (κ1) is 16.9. The summed E-state index contributed by atoms with van der Waals surface area (Å²) in [6.45, 7) is -1.48. The van der Waals surface area contributed by atoms with Crippen molar-refractivity contribution < 1.29 is 26.3 Å². The molecule has 0 heterocycles. The standard InChI is InChI=1S/C10H12ClF3N2O3S/c1-16(2)20(17,18)15-7-3-4-9(8(11)5-7)19-6-10(12,13)14/h3-5,15H,6H2,1-2H3. The van der Waals surface area contributed by atoms with Crippen LogP contribution in [0.1, 0.15) is 0 Å². The van der Waals surface area contributed by atoms with E-state index >= 15 is 0 Å². The van der Waals surface area contributed by atoms with Gasteiger partial charge in [-0.05, 0) is 18.2 Å². The SMILES string of the molecule is CN(C)S(=O)(=O)Nc1ccc(OCC(F)(F)F)c(Cl)c1. The fourth-order valence-corrected chi connectivity index (χ4v) is 1.92. The van der Waals surface area contributed by atoms with E-state index in [-0.39, 0.29) is 16.5 Å². The van der Waals surface area contributed by atoms with E-state index in [1.807, 2.05) is 0 Å². The Bertz CT molecular complexity index is 576. The van der Waals surface area contributed by atoms with Gasteiger partial charge in [0.2, 0.25) is 0 Å². The summed E-state index contributed by atoms with van der Waals surface area (Å²) >= 11 is 5.73. The highest BCUT2D eigenvalue weighted by molar-refractivity contribution is 7.90. The molecule has 0 aliphatic heterocycles. The summed E-state index contributed by atoms with van der Waals surface area (Å²) < 4.78 is 66.7. The van der Waals surface area contributed by atoms with Crippen LogP contribution >= 0.6 is 11.6 Å². The van der Waals surface area contributed by atoms with Crippen molar-refractivity contribution in [3.8, 4) is 5.75 Å². The number of hydrogen-bond donors (Lipinski definition) is 1. The third-order valence-electron chi connectivity index (χ3n) is 2.05. The maximum Gasteiger partial charge on any atom is 0.422 e. The highest BCUT2D eigenvalue weighted by atomic mass is 35.5. The Hall–Kier alpha value is -1.19. The van der Waals surface area contributed by atoms with Crippen molar-refractivity contribution in [2.45, 2.75) is 6.18 Å². The molecule has 0 saturated heterocycles. The maximum absolute atomic E-state index is 12.0. The first-order chi connectivity index (χ1) is 9.01. The van der Waals surface area contributed by atoms with E-state index in [2.05, 4.69) is 9.46 Å². The molecular weight excluding hydrogens is 321 g/mol. The van der Waals surface area contributed by atoms with E-state index in [4.69, 9.17) is 11.6 Å². The van der Waals surface area contributed by atoms with Crippen LogP contribution in [0.2, 0.25) is 5.02 Å². The van der Waals surface area contributed by atoms with Gasteiger partial charge in [0.15, 0.2) is 6.61 Å². The molecule has 1 rings (SSSR count). The molecule has 20 heavy (non-hydrogen) atoms. The lowest BCUT2D eigenvalue weighted by Crippen LogP contribution is -2.28. The summed E-state index contributed by atoms with van der Waals surface area (Å²) in [5.74, 6) is -0.184. The summed E-state index contributed by atoms with van der Waals surface area (Å²) in [5.41, 5.74) is 0.114. The molecule has 0 unspecified atom stereocenters. The second-order valence-electron chi connectivity index (χ2n) is 3.94.